The third-order valence-corrected chi connectivity index (χ3v) is 4.85. The van der Waals surface area contributed by atoms with Crippen LogP contribution in [0.5, 0.6) is 0 Å². The molecule has 0 unspecified atom stereocenters. The lowest BCUT2D eigenvalue weighted by molar-refractivity contribution is -0.119. The highest BCUT2D eigenvalue weighted by Gasteiger charge is 2.15. The maximum Gasteiger partial charge on any atom is 0.241 e. The molecule has 0 aromatic heterocycles. The molecule has 0 aliphatic rings. The minimum absolute atomic E-state index is 0.104. The van der Waals surface area contributed by atoms with E-state index >= 15 is 0 Å². The molecule has 1 amide bonds. The van der Waals surface area contributed by atoms with Gasteiger partial charge in [0.05, 0.1) is 11.4 Å². The molecule has 0 aliphatic heterocycles. The van der Waals surface area contributed by atoms with E-state index in [0.717, 1.165) is 5.56 Å². The smallest absolute Gasteiger partial charge is 0.241 e. The van der Waals surface area contributed by atoms with Gasteiger partial charge in [-0.3, -0.25) is 4.79 Å². The standard InChI is InChI=1S/C17H19FN2O3S/c1-13-6-8-15(9-7-13)24(22,23)20-12-17(21)19-11-10-14-4-2-3-5-16(14)18/h2-9,20H,10-12H2,1H3,(H,19,21). The maximum atomic E-state index is 13.4. The van der Waals surface area contributed by atoms with Gasteiger partial charge in [-0.15, -0.1) is 0 Å². The van der Waals surface area contributed by atoms with Crippen molar-refractivity contribution in [3.8, 4) is 0 Å². The van der Waals surface area contributed by atoms with Gasteiger partial charge in [0.2, 0.25) is 15.9 Å². The minimum atomic E-state index is -3.73. The van der Waals surface area contributed by atoms with Gasteiger partial charge in [-0.05, 0) is 37.1 Å². The predicted octanol–water partition coefficient (Wildman–Crippen LogP) is 1.77. The van der Waals surface area contributed by atoms with Gasteiger partial charge in [0.25, 0.3) is 0 Å². The van der Waals surface area contributed by atoms with Crippen molar-refractivity contribution in [2.75, 3.05) is 13.1 Å². The van der Waals surface area contributed by atoms with E-state index in [9.17, 15) is 17.6 Å². The Hall–Kier alpha value is -2.25. The summed E-state index contributed by atoms with van der Waals surface area (Å²) in [5.41, 5.74) is 1.44. The van der Waals surface area contributed by atoms with Crippen LogP contribution in [-0.2, 0) is 21.2 Å². The molecule has 0 saturated carbocycles. The molecule has 0 saturated heterocycles. The first-order valence-corrected chi connectivity index (χ1v) is 8.93. The number of carbonyl (C=O) groups is 1. The van der Waals surface area contributed by atoms with Crippen LogP contribution in [-0.4, -0.2) is 27.4 Å². The van der Waals surface area contributed by atoms with Crippen molar-refractivity contribution in [3.63, 3.8) is 0 Å². The average Bonchev–Trinajstić information content (AvgIpc) is 2.55. The van der Waals surface area contributed by atoms with E-state index in [2.05, 4.69) is 10.0 Å². The summed E-state index contributed by atoms with van der Waals surface area (Å²) in [4.78, 5) is 11.8. The van der Waals surface area contributed by atoms with Crippen molar-refractivity contribution in [1.82, 2.24) is 10.0 Å². The lowest BCUT2D eigenvalue weighted by Gasteiger charge is -2.08. The molecule has 0 atom stereocenters. The molecule has 5 nitrogen and oxygen atoms in total. The number of amides is 1. The van der Waals surface area contributed by atoms with Crippen LogP contribution in [0.15, 0.2) is 53.4 Å². The molecule has 2 N–H and O–H groups in total. The van der Waals surface area contributed by atoms with Crippen molar-refractivity contribution in [1.29, 1.82) is 0 Å². The second-order valence-corrected chi connectivity index (χ2v) is 7.10. The van der Waals surface area contributed by atoms with E-state index < -0.39 is 15.9 Å². The Kier molecular flexibility index (Phi) is 6.05. The Bertz CT molecular complexity index is 805. The van der Waals surface area contributed by atoms with Crippen molar-refractivity contribution in [3.05, 3.63) is 65.5 Å². The highest BCUT2D eigenvalue weighted by atomic mass is 32.2. The Morgan fingerprint density at radius 2 is 1.75 bits per heavy atom. The number of hydrogen-bond acceptors (Lipinski definition) is 3. The van der Waals surface area contributed by atoms with Crippen LogP contribution in [0.25, 0.3) is 0 Å². The third kappa shape index (κ3) is 5.14. The number of carbonyl (C=O) groups excluding carboxylic acids is 1. The molecule has 7 heteroatoms. The summed E-state index contributed by atoms with van der Waals surface area (Å²) in [5.74, 6) is -0.797. The monoisotopic (exact) mass is 350 g/mol. The second-order valence-electron chi connectivity index (χ2n) is 5.33. The van der Waals surface area contributed by atoms with Crippen LogP contribution in [0.2, 0.25) is 0 Å². The minimum Gasteiger partial charge on any atom is -0.355 e. The molecule has 0 fully saturated rings. The van der Waals surface area contributed by atoms with Crippen LogP contribution in [0.1, 0.15) is 11.1 Å². The van der Waals surface area contributed by atoms with E-state index in [4.69, 9.17) is 0 Å². The third-order valence-electron chi connectivity index (χ3n) is 3.43. The van der Waals surface area contributed by atoms with Crippen LogP contribution in [0.3, 0.4) is 0 Å². The summed E-state index contributed by atoms with van der Waals surface area (Å²) in [6, 6.07) is 12.6. The number of halogens is 1. The van der Waals surface area contributed by atoms with E-state index in [1.807, 2.05) is 6.92 Å². The number of nitrogens with one attached hydrogen (secondary N) is 2. The Balaban J connectivity index is 1.80. The normalized spacial score (nSPS) is 11.2. The number of aryl methyl sites for hydroxylation is 1. The van der Waals surface area contributed by atoms with Crippen LogP contribution < -0.4 is 10.0 Å². The molecule has 0 bridgehead atoms. The summed E-state index contributed by atoms with van der Waals surface area (Å²) in [6.07, 6.45) is 0.336. The Morgan fingerprint density at radius 3 is 2.42 bits per heavy atom. The SMILES string of the molecule is Cc1ccc(S(=O)(=O)NCC(=O)NCCc2ccccc2F)cc1. The van der Waals surface area contributed by atoms with Gasteiger partial charge < -0.3 is 5.32 Å². The summed E-state index contributed by atoms with van der Waals surface area (Å²) in [5, 5.41) is 2.56. The molecular formula is C17H19FN2O3S. The molecule has 0 aliphatic carbocycles. The zero-order valence-electron chi connectivity index (χ0n) is 13.3. The molecule has 0 radical (unpaired) electrons. The van der Waals surface area contributed by atoms with Crippen molar-refractivity contribution >= 4 is 15.9 Å². The number of rotatable bonds is 7. The molecule has 2 rings (SSSR count). The molecule has 128 valence electrons. The Morgan fingerprint density at radius 1 is 1.08 bits per heavy atom. The second kappa shape index (κ2) is 8.03. The van der Waals surface area contributed by atoms with Gasteiger partial charge in [-0.1, -0.05) is 35.9 Å². The largest absolute Gasteiger partial charge is 0.355 e. The van der Waals surface area contributed by atoms with Gasteiger partial charge in [-0.25, -0.2) is 17.5 Å². The average molecular weight is 350 g/mol. The molecule has 24 heavy (non-hydrogen) atoms. The van der Waals surface area contributed by atoms with Gasteiger partial charge in [0.1, 0.15) is 5.82 Å². The molecule has 0 spiro atoms. The van der Waals surface area contributed by atoms with E-state index in [1.54, 1.807) is 30.3 Å². The van der Waals surface area contributed by atoms with Gasteiger partial charge in [0.15, 0.2) is 0 Å². The van der Waals surface area contributed by atoms with Crippen molar-refractivity contribution in [2.45, 2.75) is 18.2 Å². The summed E-state index contributed by atoms with van der Waals surface area (Å²) in [6.45, 7) is 1.71. The highest BCUT2D eigenvalue weighted by molar-refractivity contribution is 7.89. The van der Waals surface area contributed by atoms with Crippen LogP contribution >= 0.6 is 0 Å². The zero-order valence-corrected chi connectivity index (χ0v) is 14.1. The molecule has 2 aromatic carbocycles. The molecular weight excluding hydrogens is 331 g/mol. The van der Waals surface area contributed by atoms with E-state index in [1.165, 1.54) is 18.2 Å². The van der Waals surface area contributed by atoms with E-state index in [-0.39, 0.29) is 23.8 Å². The van der Waals surface area contributed by atoms with Crippen LogP contribution in [0.4, 0.5) is 4.39 Å². The quantitative estimate of drug-likeness (QED) is 0.799. The first-order valence-electron chi connectivity index (χ1n) is 7.45. The Labute approximate surface area is 141 Å². The van der Waals surface area contributed by atoms with Crippen molar-refractivity contribution < 1.29 is 17.6 Å². The lowest BCUT2D eigenvalue weighted by atomic mass is 10.1. The zero-order chi connectivity index (χ0) is 17.6. The van der Waals surface area contributed by atoms with Crippen molar-refractivity contribution in [2.24, 2.45) is 0 Å². The fourth-order valence-electron chi connectivity index (χ4n) is 2.06. The number of benzene rings is 2. The topological polar surface area (TPSA) is 75.3 Å². The fraction of sp³-hybridized carbons (Fsp3) is 0.235. The first-order chi connectivity index (χ1) is 11.4. The number of sulfonamides is 1. The van der Waals surface area contributed by atoms with Gasteiger partial charge in [0, 0.05) is 6.54 Å². The molecule has 0 heterocycles. The van der Waals surface area contributed by atoms with E-state index in [0.29, 0.717) is 12.0 Å². The molecule has 2 aromatic rings. The maximum absolute atomic E-state index is 13.4. The highest BCUT2D eigenvalue weighted by Crippen LogP contribution is 2.09. The number of hydrogen-bond donors (Lipinski definition) is 2. The fourth-order valence-corrected chi connectivity index (χ4v) is 3.04. The summed E-state index contributed by atoms with van der Waals surface area (Å²) >= 11 is 0. The van der Waals surface area contributed by atoms with Crippen LogP contribution in [0, 0.1) is 12.7 Å². The first kappa shape index (κ1) is 18.1. The predicted molar refractivity (Wildman–Crippen MR) is 89.5 cm³/mol. The lowest BCUT2D eigenvalue weighted by Crippen LogP contribution is -2.37. The summed E-state index contributed by atoms with van der Waals surface area (Å²) in [7, 11) is -3.73. The summed E-state index contributed by atoms with van der Waals surface area (Å²) < 4.78 is 39.8. The van der Waals surface area contributed by atoms with Gasteiger partial charge in [-0.2, -0.15) is 0 Å². The van der Waals surface area contributed by atoms with Gasteiger partial charge >= 0.3 is 0 Å².